The highest BCUT2D eigenvalue weighted by Gasteiger charge is 2.17. The number of hydrogen-bond donors (Lipinski definition) is 1. The van der Waals surface area contributed by atoms with E-state index in [2.05, 4.69) is 0 Å². The number of rotatable bonds is 7. The summed E-state index contributed by atoms with van der Waals surface area (Å²) in [7, 11) is 0.789. The standard InChI is InChI=1S/C15H21NO6S/c1-10(2)23(18,19)16-15(17)7-6-11-8-13(21-4)14(22-5)9-12(11)20-3/h6-10H,1-5H3,(H,16,17). The topological polar surface area (TPSA) is 90.9 Å². The van der Waals surface area contributed by atoms with Crippen LogP contribution >= 0.6 is 0 Å². The fraction of sp³-hybridized carbons (Fsp3) is 0.400. The molecule has 0 radical (unpaired) electrons. The summed E-state index contributed by atoms with van der Waals surface area (Å²) < 4.78 is 40.8. The molecule has 128 valence electrons. The van der Waals surface area contributed by atoms with Crippen LogP contribution < -0.4 is 18.9 Å². The van der Waals surface area contributed by atoms with Gasteiger partial charge in [-0.2, -0.15) is 0 Å². The Balaban J connectivity index is 3.06. The maximum Gasteiger partial charge on any atom is 0.257 e. The second-order valence-electron chi connectivity index (χ2n) is 4.84. The van der Waals surface area contributed by atoms with Gasteiger partial charge in [0.05, 0.1) is 26.6 Å². The number of amides is 1. The van der Waals surface area contributed by atoms with E-state index in [4.69, 9.17) is 14.2 Å². The lowest BCUT2D eigenvalue weighted by Gasteiger charge is -2.12. The molecule has 1 rings (SSSR count). The molecule has 0 saturated heterocycles. The minimum absolute atomic E-state index is 0.457. The number of sulfonamides is 1. The van der Waals surface area contributed by atoms with E-state index >= 15 is 0 Å². The van der Waals surface area contributed by atoms with Crippen LogP contribution in [0.4, 0.5) is 0 Å². The molecular formula is C15H21NO6S. The highest BCUT2D eigenvalue weighted by Crippen LogP contribution is 2.35. The molecular weight excluding hydrogens is 322 g/mol. The van der Waals surface area contributed by atoms with Gasteiger partial charge in [-0.1, -0.05) is 0 Å². The normalized spacial score (nSPS) is 11.6. The van der Waals surface area contributed by atoms with E-state index in [1.807, 2.05) is 4.72 Å². The van der Waals surface area contributed by atoms with Crippen LogP contribution in [0.3, 0.4) is 0 Å². The Morgan fingerprint density at radius 3 is 2.04 bits per heavy atom. The number of benzene rings is 1. The zero-order chi connectivity index (χ0) is 17.6. The van der Waals surface area contributed by atoms with Gasteiger partial charge in [-0.3, -0.25) is 4.79 Å². The Kier molecular flexibility index (Phi) is 6.44. The number of carbonyl (C=O) groups excluding carboxylic acids is 1. The van der Waals surface area contributed by atoms with Crippen molar-refractivity contribution in [2.75, 3.05) is 21.3 Å². The van der Waals surface area contributed by atoms with E-state index in [9.17, 15) is 13.2 Å². The van der Waals surface area contributed by atoms with Gasteiger partial charge in [0.1, 0.15) is 5.75 Å². The van der Waals surface area contributed by atoms with E-state index in [0.717, 1.165) is 6.08 Å². The first kappa shape index (κ1) is 18.8. The molecule has 1 N–H and O–H groups in total. The van der Waals surface area contributed by atoms with Crippen LogP contribution in [0.5, 0.6) is 17.2 Å². The maximum absolute atomic E-state index is 11.7. The summed E-state index contributed by atoms with van der Waals surface area (Å²) in [6.07, 6.45) is 2.55. The predicted octanol–water partition coefficient (Wildman–Crippen LogP) is 1.58. The zero-order valence-corrected chi connectivity index (χ0v) is 14.6. The molecule has 0 bridgehead atoms. The quantitative estimate of drug-likeness (QED) is 0.756. The van der Waals surface area contributed by atoms with Gasteiger partial charge in [0.2, 0.25) is 10.0 Å². The van der Waals surface area contributed by atoms with Crippen LogP contribution in [-0.2, 0) is 14.8 Å². The minimum Gasteiger partial charge on any atom is -0.496 e. The monoisotopic (exact) mass is 343 g/mol. The molecule has 0 atom stereocenters. The van der Waals surface area contributed by atoms with Gasteiger partial charge in [-0.25, -0.2) is 13.1 Å². The first-order valence-electron chi connectivity index (χ1n) is 6.78. The third-order valence-corrected chi connectivity index (χ3v) is 4.74. The molecule has 1 amide bonds. The number of ether oxygens (including phenoxy) is 3. The van der Waals surface area contributed by atoms with Crippen molar-refractivity contribution in [3.63, 3.8) is 0 Å². The Morgan fingerprint density at radius 2 is 1.57 bits per heavy atom. The fourth-order valence-electron chi connectivity index (χ4n) is 1.64. The average Bonchev–Trinajstić information content (AvgIpc) is 2.51. The number of methoxy groups -OCH3 is 3. The van der Waals surface area contributed by atoms with Gasteiger partial charge in [-0.15, -0.1) is 0 Å². The van der Waals surface area contributed by atoms with Gasteiger partial charge in [0, 0.05) is 17.7 Å². The van der Waals surface area contributed by atoms with Crippen molar-refractivity contribution >= 4 is 22.0 Å². The second-order valence-corrected chi connectivity index (χ2v) is 7.08. The van der Waals surface area contributed by atoms with Crippen LogP contribution in [0, 0.1) is 0 Å². The number of hydrogen-bond acceptors (Lipinski definition) is 6. The Morgan fingerprint density at radius 1 is 1.04 bits per heavy atom. The number of nitrogens with one attached hydrogen (secondary N) is 1. The Labute approximate surface area is 136 Å². The van der Waals surface area contributed by atoms with E-state index in [1.165, 1.54) is 41.3 Å². The second kappa shape index (κ2) is 7.87. The van der Waals surface area contributed by atoms with Gasteiger partial charge in [0.15, 0.2) is 11.5 Å². The highest BCUT2D eigenvalue weighted by atomic mass is 32.2. The molecule has 0 unspecified atom stereocenters. The molecule has 23 heavy (non-hydrogen) atoms. The molecule has 8 heteroatoms. The molecule has 1 aromatic rings. The Hall–Kier alpha value is -2.22. The lowest BCUT2D eigenvalue weighted by Crippen LogP contribution is -2.34. The first-order valence-corrected chi connectivity index (χ1v) is 8.33. The molecule has 1 aromatic carbocycles. The smallest absolute Gasteiger partial charge is 0.257 e. The molecule has 0 saturated carbocycles. The summed E-state index contributed by atoms with van der Waals surface area (Å²) in [5.41, 5.74) is 0.544. The third kappa shape index (κ3) is 4.88. The predicted molar refractivity (Wildman–Crippen MR) is 87.3 cm³/mol. The van der Waals surface area contributed by atoms with Crippen molar-refractivity contribution in [2.24, 2.45) is 0 Å². The molecule has 0 aromatic heterocycles. The van der Waals surface area contributed by atoms with Crippen LogP contribution in [0.15, 0.2) is 18.2 Å². The SMILES string of the molecule is COc1cc(OC)c(OC)cc1C=CC(=O)NS(=O)(=O)C(C)C. The van der Waals surface area contributed by atoms with E-state index in [1.54, 1.807) is 12.1 Å². The van der Waals surface area contributed by atoms with E-state index in [0.29, 0.717) is 22.8 Å². The van der Waals surface area contributed by atoms with Crippen LogP contribution in [0.1, 0.15) is 19.4 Å². The molecule has 7 nitrogen and oxygen atoms in total. The minimum atomic E-state index is -3.67. The largest absolute Gasteiger partial charge is 0.496 e. The van der Waals surface area contributed by atoms with Gasteiger partial charge < -0.3 is 14.2 Å². The van der Waals surface area contributed by atoms with Crippen LogP contribution in [0.25, 0.3) is 6.08 Å². The van der Waals surface area contributed by atoms with Crippen molar-refractivity contribution in [3.05, 3.63) is 23.8 Å². The summed E-state index contributed by atoms with van der Waals surface area (Å²) in [5, 5.41) is -0.699. The summed E-state index contributed by atoms with van der Waals surface area (Å²) in [6, 6.07) is 3.24. The lowest BCUT2D eigenvalue weighted by molar-refractivity contribution is -0.114. The van der Waals surface area contributed by atoms with Gasteiger partial charge in [-0.05, 0) is 26.0 Å². The van der Waals surface area contributed by atoms with Gasteiger partial charge in [0.25, 0.3) is 5.91 Å². The molecule has 0 aliphatic heterocycles. The van der Waals surface area contributed by atoms with Gasteiger partial charge >= 0.3 is 0 Å². The van der Waals surface area contributed by atoms with Crippen molar-refractivity contribution < 1.29 is 27.4 Å². The van der Waals surface area contributed by atoms with Crippen molar-refractivity contribution in [1.29, 1.82) is 0 Å². The molecule has 0 aliphatic rings. The molecule has 0 aliphatic carbocycles. The van der Waals surface area contributed by atoms with Crippen molar-refractivity contribution in [3.8, 4) is 17.2 Å². The first-order chi connectivity index (χ1) is 10.7. The highest BCUT2D eigenvalue weighted by molar-refractivity contribution is 7.90. The lowest BCUT2D eigenvalue weighted by atomic mass is 10.1. The zero-order valence-electron chi connectivity index (χ0n) is 13.7. The van der Waals surface area contributed by atoms with Crippen LogP contribution in [-0.4, -0.2) is 40.9 Å². The van der Waals surface area contributed by atoms with Crippen molar-refractivity contribution in [1.82, 2.24) is 4.72 Å². The fourth-order valence-corrected chi connectivity index (χ4v) is 2.22. The molecule has 0 heterocycles. The summed E-state index contributed by atoms with van der Waals surface area (Å²) in [5.74, 6) is 0.658. The van der Waals surface area contributed by atoms with E-state index < -0.39 is 21.2 Å². The molecule has 0 spiro atoms. The van der Waals surface area contributed by atoms with Crippen LogP contribution in [0.2, 0.25) is 0 Å². The summed E-state index contributed by atoms with van der Waals surface area (Å²) >= 11 is 0. The maximum atomic E-state index is 11.7. The Bertz CT molecular complexity index is 694. The third-order valence-electron chi connectivity index (χ3n) is 3.01. The summed E-state index contributed by atoms with van der Waals surface area (Å²) in [6.45, 7) is 2.97. The molecule has 0 fully saturated rings. The number of carbonyl (C=O) groups is 1. The average molecular weight is 343 g/mol. The summed E-state index contributed by atoms with van der Waals surface area (Å²) in [4.78, 5) is 11.7. The van der Waals surface area contributed by atoms with E-state index in [-0.39, 0.29) is 0 Å². The van der Waals surface area contributed by atoms with Crippen molar-refractivity contribution in [2.45, 2.75) is 19.1 Å².